The molecule has 0 saturated heterocycles. The van der Waals surface area contributed by atoms with Gasteiger partial charge in [0.2, 0.25) is 0 Å². The van der Waals surface area contributed by atoms with E-state index in [1.807, 2.05) is 18.2 Å². The molecule has 8 heteroatoms. The molecule has 1 aromatic carbocycles. The highest BCUT2D eigenvalue weighted by Gasteiger charge is 2.23. The zero-order chi connectivity index (χ0) is 20.7. The molecule has 0 saturated carbocycles. The molecular weight excluding hydrogens is 425 g/mol. The fourth-order valence-corrected chi connectivity index (χ4v) is 4.16. The van der Waals surface area contributed by atoms with Crippen LogP contribution in [-0.4, -0.2) is 21.4 Å². The van der Waals surface area contributed by atoms with E-state index in [1.54, 1.807) is 30.5 Å². The lowest BCUT2D eigenvalue weighted by atomic mass is 10.1. The lowest BCUT2D eigenvalue weighted by molar-refractivity contribution is 0.223. The van der Waals surface area contributed by atoms with E-state index in [9.17, 15) is 4.79 Å². The first-order chi connectivity index (χ1) is 14.6. The van der Waals surface area contributed by atoms with Crippen LogP contribution >= 0.6 is 23.2 Å². The van der Waals surface area contributed by atoms with Gasteiger partial charge in [0.15, 0.2) is 11.6 Å². The molecule has 4 aromatic rings. The highest BCUT2D eigenvalue weighted by Crippen LogP contribution is 2.32. The number of aromatic nitrogens is 2. The minimum Gasteiger partial charge on any atom is -0.461 e. The number of H-pyrrole nitrogens is 1. The molecule has 0 atom stereocenters. The van der Waals surface area contributed by atoms with Gasteiger partial charge in [-0.15, -0.1) is 0 Å². The van der Waals surface area contributed by atoms with Gasteiger partial charge in [0, 0.05) is 30.1 Å². The summed E-state index contributed by atoms with van der Waals surface area (Å²) in [5.41, 5.74) is 2.16. The normalized spacial score (nSPS) is 14.1. The predicted octanol–water partition coefficient (Wildman–Crippen LogP) is 5.16. The summed E-state index contributed by atoms with van der Waals surface area (Å²) in [6.45, 7) is 1.87. The predicted molar refractivity (Wildman–Crippen MR) is 115 cm³/mol. The van der Waals surface area contributed by atoms with Crippen molar-refractivity contribution in [2.24, 2.45) is 0 Å². The summed E-state index contributed by atoms with van der Waals surface area (Å²) in [5.74, 6) is 2.51. The van der Waals surface area contributed by atoms with Crippen molar-refractivity contribution in [3.63, 3.8) is 0 Å². The Morgan fingerprint density at radius 1 is 1.13 bits per heavy atom. The van der Waals surface area contributed by atoms with Crippen LogP contribution in [0.25, 0.3) is 22.9 Å². The third-order valence-corrected chi connectivity index (χ3v) is 5.69. The van der Waals surface area contributed by atoms with E-state index in [1.165, 1.54) is 0 Å². The number of rotatable bonds is 4. The molecule has 0 radical (unpaired) electrons. The van der Waals surface area contributed by atoms with Gasteiger partial charge in [-0.3, -0.25) is 9.69 Å². The monoisotopic (exact) mass is 441 g/mol. The Morgan fingerprint density at radius 3 is 2.83 bits per heavy atom. The fourth-order valence-electron chi connectivity index (χ4n) is 3.66. The highest BCUT2D eigenvalue weighted by atomic mass is 35.5. The van der Waals surface area contributed by atoms with Gasteiger partial charge in [-0.2, -0.15) is 0 Å². The van der Waals surface area contributed by atoms with E-state index >= 15 is 0 Å². The summed E-state index contributed by atoms with van der Waals surface area (Å²) in [6, 6.07) is 12.7. The Bertz CT molecular complexity index is 1260. The van der Waals surface area contributed by atoms with Crippen LogP contribution < -0.4 is 5.56 Å². The zero-order valence-electron chi connectivity index (χ0n) is 15.8. The van der Waals surface area contributed by atoms with Gasteiger partial charge in [0.1, 0.15) is 11.5 Å². The van der Waals surface area contributed by atoms with E-state index in [2.05, 4.69) is 14.9 Å². The molecule has 6 nitrogen and oxygen atoms in total. The molecule has 0 spiro atoms. The molecule has 0 unspecified atom stereocenters. The largest absolute Gasteiger partial charge is 0.461 e. The molecule has 3 aromatic heterocycles. The van der Waals surface area contributed by atoms with E-state index in [0.717, 1.165) is 23.6 Å². The molecule has 1 N–H and O–H groups in total. The molecule has 152 valence electrons. The van der Waals surface area contributed by atoms with Crippen molar-refractivity contribution in [2.75, 3.05) is 6.54 Å². The van der Waals surface area contributed by atoms with Crippen LogP contribution in [0.4, 0.5) is 0 Å². The van der Waals surface area contributed by atoms with Crippen molar-refractivity contribution in [2.45, 2.75) is 19.5 Å². The molecule has 4 heterocycles. The van der Waals surface area contributed by atoms with E-state index in [4.69, 9.17) is 32.0 Å². The maximum atomic E-state index is 12.6. The number of aromatic amines is 1. The second-order valence-corrected chi connectivity index (χ2v) is 8.01. The number of benzene rings is 1. The van der Waals surface area contributed by atoms with Crippen molar-refractivity contribution in [3.05, 3.63) is 86.1 Å². The van der Waals surface area contributed by atoms with Crippen LogP contribution in [0.2, 0.25) is 10.0 Å². The summed E-state index contributed by atoms with van der Waals surface area (Å²) in [4.78, 5) is 22.2. The first-order valence-corrected chi connectivity index (χ1v) is 10.2. The van der Waals surface area contributed by atoms with Crippen molar-refractivity contribution >= 4 is 23.2 Å². The molecule has 0 fully saturated rings. The van der Waals surface area contributed by atoms with Crippen molar-refractivity contribution in [1.29, 1.82) is 0 Å². The Balaban J connectivity index is 1.34. The van der Waals surface area contributed by atoms with Gasteiger partial charge in [-0.25, -0.2) is 4.98 Å². The average Bonchev–Trinajstić information content (AvgIpc) is 3.41. The van der Waals surface area contributed by atoms with E-state index in [-0.39, 0.29) is 5.56 Å². The molecule has 30 heavy (non-hydrogen) atoms. The standard InChI is InChI=1S/C22H17Cl2N3O3/c23-13-3-5-15(17(24)10-13)19-6-4-14(30-19)11-27-8-7-18-16(12-27)22(28)26-21(25-18)20-2-1-9-29-20/h1-6,9-10H,7-8,11-12H2,(H,25,26,28). The molecule has 0 bridgehead atoms. The van der Waals surface area contributed by atoms with E-state index in [0.29, 0.717) is 52.5 Å². The number of nitrogens with zero attached hydrogens (tertiary/aromatic N) is 2. The summed E-state index contributed by atoms with van der Waals surface area (Å²) in [6.07, 6.45) is 2.24. The van der Waals surface area contributed by atoms with Crippen molar-refractivity contribution < 1.29 is 8.83 Å². The van der Waals surface area contributed by atoms with Gasteiger partial charge in [0.05, 0.1) is 29.1 Å². The fraction of sp³-hybridized carbons (Fsp3) is 0.182. The number of halogens is 2. The quantitative estimate of drug-likeness (QED) is 0.473. The van der Waals surface area contributed by atoms with Crippen LogP contribution in [0.15, 0.2) is 62.4 Å². The number of hydrogen-bond donors (Lipinski definition) is 1. The lowest BCUT2D eigenvalue weighted by Crippen LogP contribution is -2.35. The molecule has 1 aliphatic heterocycles. The second-order valence-electron chi connectivity index (χ2n) is 7.17. The Labute approximate surface area is 182 Å². The van der Waals surface area contributed by atoms with Crippen LogP contribution in [0, 0.1) is 0 Å². The third-order valence-electron chi connectivity index (χ3n) is 5.14. The van der Waals surface area contributed by atoms with Crippen LogP contribution in [0.5, 0.6) is 0 Å². The smallest absolute Gasteiger partial charge is 0.256 e. The first-order valence-electron chi connectivity index (χ1n) is 9.49. The SMILES string of the molecule is O=c1[nH]c(-c2ccco2)nc2c1CN(Cc1ccc(-c3ccc(Cl)cc3Cl)o1)CC2. The lowest BCUT2D eigenvalue weighted by Gasteiger charge is -2.26. The zero-order valence-corrected chi connectivity index (χ0v) is 17.3. The molecule has 1 aliphatic rings. The summed E-state index contributed by atoms with van der Waals surface area (Å²) in [5, 5.41) is 1.12. The Kier molecular flexibility index (Phi) is 4.98. The van der Waals surface area contributed by atoms with Gasteiger partial charge in [-0.05, 0) is 42.5 Å². The third kappa shape index (κ3) is 3.69. The maximum Gasteiger partial charge on any atom is 0.256 e. The number of nitrogens with one attached hydrogen (secondary N) is 1. The molecule has 0 aliphatic carbocycles. The minimum atomic E-state index is -0.135. The Morgan fingerprint density at radius 2 is 2.03 bits per heavy atom. The maximum absolute atomic E-state index is 12.6. The van der Waals surface area contributed by atoms with Crippen LogP contribution in [-0.2, 0) is 19.5 Å². The van der Waals surface area contributed by atoms with Crippen LogP contribution in [0.3, 0.4) is 0 Å². The van der Waals surface area contributed by atoms with Crippen molar-refractivity contribution in [1.82, 2.24) is 14.9 Å². The molecular formula is C22H17Cl2N3O3. The topological polar surface area (TPSA) is 75.3 Å². The summed E-state index contributed by atoms with van der Waals surface area (Å²) >= 11 is 12.3. The highest BCUT2D eigenvalue weighted by molar-refractivity contribution is 6.36. The summed E-state index contributed by atoms with van der Waals surface area (Å²) in [7, 11) is 0. The first kappa shape index (κ1) is 19.2. The molecule has 0 amide bonds. The van der Waals surface area contributed by atoms with Crippen molar-refractivity contribution in [3.8, 4) is 22.9 Å². The number of hydrogen-bond acceptors (Lipinski definition) is 5. The van der Waals surface area contributed by atoms with Gasteiger partial charge in [0.25, 0.3) is 5.56 Å². The molecule has 5 rings (SSSR count). The second kappa shape index (κ2) is 7.80. The van der Waals surface area contributed by atoms with E-state index < -0.39 is 0 Å². The Hall–Kier alpha value is -2.80. The minimum absolute atomic E-state index is 0.135. The average molecular weight is 442 g/mol. The number of furan rings is 2. The summed E-state index contributed by atoms with van der Waals surface area (Å²) < 4.78 is 11.3. The van der Waals surface area contributed by atoms with Gasteiger partial charge in [-0.1, -0.05) is 23.2 Å². The van der Waals surface area contributed by atoms with Gasteiger partial charge < -0.3 is 13.8 Å². The van der Waals surface area contributed by atoms with Gasteiger partial charge >= 0.3 is 0 Å². The van der Waals surface area contributed by atoms with Crippen LogP contribution in [0.1, 0.15) is 17.0 Å². The number of fused-ring (bicyclic) bond motifs is 1.